The molecule has 3 aromatic rings. The van der Waals surface area contributed by atoms with Crippen LogP contribution in [0.4, 0.5) is 5.69 Å². The van der Waals surface area contributed by atoms with Crippen LogP contribution in [0.25, 0.3) is 11.4 Å². The van der Waals surface area contributed by atoms with Gasteiger partial charge in [0.15, 0.2) is 10.6 Å². The summed E-state index contributed by atoms with van der Waals surface area (Å²) >= 11 is 7.32. The molecule has 156 valence electrons. The summed E-state index contributed by atoms with van der Waals surface area (Å²) in [6, 6.07) is 16.3. The first kappa shape index (κ1) is 20.9. The summed E-state index contributed by atoms with van der Waals surface area (Å²) in [7, 11) is 0. The second-order valence-electron chi connectivity index (χ2n) is 7.72. The highest BCUT2D eigenvalue weighted by atomic mass is 32.2. The average Bonchev–Trinajstić information content (AvgIpc) is 3.38. The standard InChI is InChI=1S/C23H26N4OS2/c1-16-6-8-17(9-7-16)22-25-26-23(29)27(22)15-14-21(28)24-18-10-12-20(13-11-18)30-19-4-2-3-5-19/h6-13,19H,2-5,14-15H2,1H3,(H,24,28)(H,26,29). The van der Waals surface area contributed by atoms with Crippen molar-refractivity contribution in [2.75, 3.05) is 5.32 Å². The monoisotopic (exact) mass is 438 g/mol. The van der Waals surface area contributed by atoms with E-state index >= 15 is 0 Å². The molecular weight excluding hydrogens is 412 g/mol. The van der Waals surface area contributed by atoms with Gasteiger partial charge in [0.2, 0.25) is 5.91 Å². The minimum absolute atomic E-state index is 0.0378. The highest BCUT2D eigenvalue weighted by molar-refractivity contribution is 8.00. The molecule has 1 aromatic heterocycles. The van der Waals surface area contributed by atoms with E-state index in [1.54, 1.807) is 0 Å². The Labute approximate surface area is 186 Å². The van der Waals surface area contributed by atoms with Gasteiger partial charge in [0.1, 0.15) is 0 Å². The Morgan fingerprint density at radius 1 is 1.17 bits per heavy atom. The van der Waals surface area contributed by atoms with E-state index in [1.807, 2.05) is 59.7 Å². The molecular formula is C23H26N4OS2. The van der Waals surface area contributed by atoms with Gasteiger partial charge in [-0.2, -0.15) is 5.10 Å². The zero-order valence-corrected chi connectivity index (χ0v) is 18.7. The number of aromatic amines is 1. The van der Waals surface area contributed by atoms with Crippen molar-refractivity contribution in [1.82, 2.24) is 14.8 Å². The largest absolute Gasteiger partial charge is 0.326 e. The first-order valence-electron chi connectivity index (χ1n) is 10.4. The van der Waals surface area contributed by atoms with Crippen LogP contribution < -0.4 is 5.32 Å². The van der Waals surface area contributed by atoms with Gasteiger partial charge in [0.05, 0.1) is 0 Å². The lowest BCUT2D eigenvalue weighted by Crippen LogP contribution is -2.15. The number of aryl methyl sites for hydroxylation is 1. The molecule has 7 heteroatoms. The molecule has 5 nitrogen and oxygen atoms in total. The molecule has 0 saturated heterocycles. The second-order valence-corrected chi connectivity index (χ2v) is 9.48. The van der Waals surface area contributed by atoms with Crippen LogP contribution in [-0.4, -0.2) is 25.9 Å². The maximum absolute atomic E-state index is 12.5. The summed E-state index contributed by atoms with van der Waals surface area (Å²) in [5.41, 5.74) is 2.99. The predicted octanol–water partition coefficient (Wildman–Crippen LogP) is 5.98. The maximum atomic E-state index is 12.5. The highest BCUT2D eigenvalue weighted by Crippen LogP contribution is 2.35. The summed E-state index contributed by atoms with van der Waals surface area (Å²) in [4.78, 5) is 13.8. The number of thioether (sulfide) groups is 1. The summed E-state index contributed by atoms with van der Waals surface area (Å²) in [5, 5.41) is 10.9. The number of carbonyl (C=O) groups excluding carboxylic acids is 1. The molecule has 1 aliphatic rings. The fourth-order valence-corrected chi connectivity index (χ4v) is 5.17. The molecule has 0 radical (unpaired) electrons. The molecule has 2 N–H and O–H groups in total. The number of nitrogens with zero attached hydrogens (tertiary/aromatic N) is 2. The number of carbonyl (C=O) groups is 1. The molecule has 0 aliphatic heterocycles. The van der Waals surface area contributed by atoms with Gasteiger partial charge in [-0.1, -0.05) is 42.7 Å². The van der Waals surface area contributed by atoms with E-state index in [1.165, 1.54) is 36.1 Å². The lowest BCUT2D eigenvalue weighted by atomic mass is 10.1. The molecule has 1 aliphatic carbocycles. The quantitative estimate of drug-likeness (QED) is 0.446. The normalized spacial score (nSPS) is 14.2. The number of aromatic nitrogens is 3. The van der Waals surface area contributed by atoms with Crippen molar-refractivity contribution in [3.63, 3.8) is 0 Å². The van der Waals surface area contributed by atoms with Crippen molar-refractivity contribution in [2.24, 2.45) is 0 Å². The van der Waals surface area contributed by atoms with Crippen LogP contribution in [0.3, 0.4) is 0 Å². The molecule has 4 rings (SSSR count). The Kier molecular flexibility index (Phi) is 6.69. The molecule has 2 aromatic carbocycles. The van der Waals surface area contributed by atoms with Crippen molar-refractivity contribution in [2.45, 2.75) is 55.7 Å². The van der Waals surface area contributed by atoms with Gasteiger partial charge in [0, 0.05) is 34.4 Å². The van der Waals surface area contributed by atoms with Crippen molar-refractivity contribution in [1.29, 1.82) is 0 Å². The van der Waals surface area contributed by atoms with E-state index in [0.29, 0.717) is 17.7 Å². The van der Waals surface area contributed by atoms with E-state index in [2.05, 4.69) is 27.6 Å². The molecule has 0 spiro atoms. The molecule has 0 bridgehead atoms. The number of hydrogen-bond acceptors (Lipinski definition) is 4. The van der Waals surface area contributed by atoms with Gasteiger partial charge in [-0.25, -0.2) is 0 Å². The van der Waals surface area contributed by atoms with Crippen molar-refractivity contribution in [3.8, 4) is 11.4 Å². The van der Waals surface area contributed by atoms with E-state index in [0.717, 1.165) is 22.3 Å². The number of rotatable bonds is 7. The Morgan fingerprint density at radius 2 is 1.87 bits per heavy atom. The number of nitrogens with one attached hydrogen (secondary N) is 2. The van der Waals surface area contributed by atoms with Crippen LogP contribution in [0, 0.1) is 11.7 Å². The lowest BCUT2D eigenvalue weighted by Gasteiger charge is -2.10. The minimum atomic E-state index is -0.0378. The van der Waals surface area contributed by atoms with E-state index < -0.39 is 0 Å². The topological polar surface area (TPSA) is 62.7 Å². The van der Waals surface area contributed by atoms with E-state index in [4.69, 9.17) is 12.2 Å². The number of amides is 1. The van der Waals surface area contributed by atoms with Crippen molar-refractivity contribution in [3.05, 3.63) is 58.9 Å². The first-order chi connectivity index (χ1) is 14.6. The van der Waals surface area contributed by atoms with Gasteiger partial charge < -0.3 is 5.32 Å². The van der Waals surface area contributed by atoms with Gasteiger partial charge >= 0.3 is 0 Å². The Balaban J connectivity index is 1.34. The maximum Gasteiger partial charge on any atom is 0.226 e. The van der Waals surface area contributed by atoms with Crippen molar-refractivity contribution < 1.29 is 4.79 Å². The van der Waals surface area contributed by atoms with Crippen LogP contribution in [-0.2, 0) is 11.3 Å². The van der Waals surface area contributed by atoms with Crippen LogP contribution in [0.2, 0.25) is 0 Å². The minimum Gasteiger partial charge on any atom is -0.326 e. The van der Waals surface area contributed by atoms with Crippen molar-refractivity contribution >= 4 is 35.6 Å². The second kappa shape index (κ2) is 9.62. The average molecular weight is 439 g/mol. The first-order valence-corrected chi connectivity index (χ1v) is 11.7. The molecule has 30 heavy (non-hydrogen) atoms. The van der Waals surface area contributed by atoms with Crippen LogP contribution in [0.5, 0.6) is 0 Å². The Morgan fingerprint density at radius 3 is 2.57 bits per heavy atom. The third kappa shape index (κ3) is 5.21. The number of benzene rings is 2. The van der Waals surface area contributed by atoms with Gasteiger partial charge in [-0.15, -0.1) is 11.8 Å². The molecule has 1 fully saturated rings. The smallest absolute Gasteiger partial charge is 0.226 e. The van der Waals surface area contributed by atoms with E-state index in [-0.39, 0.29) is 5.91 Å². The Hall–Kier alpha value is -2.38. The van der Waals surface area contributed by atoms with E-state index in [9.17, 15) is 4.79 Å². The molecule has 0 unspecified atom stereocenters. The summed E-state index contributed by atoms with van der Waals surface area (Å²) in [6.07, 6.45) is 5.63. The van der Waals surface area contributed by atoms with Crippen LogP contribution in [0.15, 0.2) is 53.4 Å². The van der Waals surface area contributed by atoms with Gasteiger partial charge in [-0.3, -0.25) is 14.5 Å². The number of H-pyrrole nitrogens is 1. The summed E-state index contributed by atoms with van der Waals surface area (Å²) in [5.74, 6) is 0.713. The third-order valence-electron chi connectivity index (χ3n) is 5.37. The SMILES string of the molecule is Cc1ccc(-c2n[nH]c(=S)n2CCC(=O)Nc2ccc(SC3CCCC3)cc2)cc1. The fraction of sp³-hybridized carbons (Fsp3) is 0.348. The highest BCUT2D eigenvalue weighted by Gasteiger charge is 2.16. The molecule has 0 atom stereocenters. The third-order valence-corrected chi connectivity index (χ3v) is 7.03. The van der Waals surface area contributed by atoms with Crippen LogP contribution in [0.1, 0.15) is 37.7 Å². The number of anilines is 1. The van der Waals surface area contributed by atoms with Gasteiger partial charge in [-0.05, 0) is 56.2 Å². The summed E-state index contributed by atoms with van der Waals surface area (Å²) in [6.45, 7) is 2.52. The fourth-order valence-electron chi connectivity index (χ4n) is 3.70. The predicted molar refractivity (Wildman–Crippen MR) is 125 cm³/mol. The Bertz CT molecular complexity index is 1050. The number of hydrogen-bond donors (Lipinski definition) is 2. The lowest BCUT2D eigenvalue weighted by molar-refractivity contribution is -0.116. The molecule has 1 heterocycles. The summed E-state index contributed by atoms with van der Waals surface area (Å²) < 4.78 is 2.40. The van der Waals surface area contributed by atoms with Gasteiger partial charge in [0.25, 0.3) is 0 Å². The zero-order valence-electron chi connectivity index (χ0n) is 17.1. The van der Waals surface area contributed by atoms with Crippen LogP contribution >= 0.6 is 24.0 Å². The molecule has 1 amide bonds. The molecule has 1 saturated carbocycles. The zero-order chi connectivity index (χ0) is 20.9.